The summed E-state index contributed by atoms with van der Waals surface area (Å²) < 4.78 is 17.7. The fraction of sp³-hybridized carbons (Fsp3) is 0.630. The number of nitrogens with zero attached hydrogens (tertiary/aromatic N) is 1. The summed E-state index contributed by atoms with van der Waals surface area (Å²) in [5.41, 5.74) is -0.982. The third kappa shape index (κ3) is 16.8. The van der Waals surface area contributed by atoms with Crippen molar-refractivity contribution in [3.63, 3.8) is 0 Å². The number of thioether (sulfide) groups is 1. The van der Waals surface area contributed by atoms with E-state index in [0.29, 0.717) is 17.7 Å². The highest BCUT2D eigenvalue weighted by Crippen LogP contribution is 2.32. The first-order valence-electron chi connectivity index (χ1n) is 26.2. The van der Waals surface area contributed by atoms with Crippen molar-refractivity contribution in [3.05, 3.63) is 65.7 Å². The van der Waals surface area contributed by atoms with E-state index in [1.165, 1.54) is 70.8 Å². The van der Waals surface area contributed by atoms with Crippen molar-refractivity contribution in [1.29, 1.82) is 0 Å². The molecule has 1 fully saturated rings. The molecule has 9 N–H and O–H groups in total. The first-order valence-corrected chi connectivity index (χ1v) is 27.3. The molecule has 0 saturated carbocycles. The number of hydrogen-bond donors (Lipinski definition) is 9. The number of aliphatic hydroxyl groups excluding tert-OH is 2. The number of fused-ring (bicyclic) bond motifs is 11. The van der Waals surface area contributed by atoms with Gasteiger partial charge in [-0.25, -0.2) is 0 Å². The number of cyclic esters (lactones) is 1. The van der Waals surface area contributed by atoms with Crippen molar-refractivity contribution in [2.75, 3.05) is 31.7 Å². The molecule has 0 aromatic heterocycles. The minimum atomic E-state index is -1.82. The zero-order valence-corrected chi connectivity index (χ0v) is 46.4. The van der Waals surface area contributed by atoms with E-state index in [9.17, 15) is 48.9 Å². The van der Waals surface area contributed by atoms with Crippen molar-refractivity contribution in [2.45, 2.75) is 161 Å². The highest BCUT2D eigenvalue weighted by Gasteiger charge is 2.46. The zero-order valence-electron chi connectivity index (χ0n) is 45.6. The summed E-state index contributed by atoms with van der Waals surface area (Å²) in [4.78, 5) is 116. The third-order valence-corrected chi connectivity index (χ3v) is 15.5. The predicted molar refractivity (Wildman–Crippen MR) is 284 cm³/mol. The molecule has 0 spiro atoms. The van der Waals surface area contributed by atoms with Gasteiger partial charge >= 0.3 is 11.9 Å². The van der Waals surface area contributed by atoms with Gasteiger partial charge in [-0.3, -0.25) is 43.7 Å². The highest BCUT2D eigenvalue weighted by atomic mass is 32.2. The van der Waals surface area contributed by atoms with E-state index in [2.05, 4.69) is 31.9 Å². The molecule has 6 amide bonds. The lowest BCUT2D eigenvalue weighted by Gasteiger charge is -2.38. The fourth-order valence-electron chi connectivity index (χ4n) is 8.65. The Labute approximate surface area is 450 Å². The summed E-state index contributed by atoms with van der Waals surface area (Å²) in [6.45, 7) is 14.4. The molecule has 2 unspecified atom stereocenters. The molecule has 5 rings (SSSR count). The van der Waals surface area contributed by atoms with Gasteiger partial charge in [-0.05, 0) is 68.0 Å². The molecule has 2 aromatic carbocycles. The normalized spacial score (nSPS) is 28.6. The van der Waals surface area contributed by atoms with Gasteiger partial charge in [0.2, 0.25) is 35.4 Å². The van der Waals surface area contributed by atoms with Crippen molar-refractivity contribution in [3.8, 4) is 5.75 Å². The van der Waals surface area contributed by atoms with Crippen LogP contribution < -0.4 is 36.6 Å². The summed E-state index contributed by atoms with van der Waals surface area (Å²) in [5.74, 6) is -9.51. The lowest BCUT2D eigenvalue weighted by Crippen LogP contribution is -2.63. The van der Waals surface area contributed by atoms with Crippen molar-refractivity contribution < 1.29 is 67.9 Å². The zero-order chi connectivity index (χ0) is 56.6. The molecular formula is C54H81N7O14S. The van der Waals surface area contributed by atoms with E-state index in [1.807, 2.05) is 6.92 Å². The molecule has 76 heavy (non-hydrogen) atoms. The Morgan fingerprint density at radius 2 is 1.51 bits per heavy atom. The lowest BCUT2D eigenvalue weighted by molar-refractivity contribution is -0.160. The number of nitrogens with one attached hydrogen (secondary N) is 6. The number of esters is 2. The maximum atomic E-state index is 15.3. The molecular weight excluding hydrogens is 1000 g/mol. The average molecular weight is 1080 g/mol. The quantitative estimate of drug-likeness (QED) is 0.0960. The van der Waals surface area contributed by atoms with Crippen LogP contribution in [-0.4, -0.2) is 160 Å². The molecule has 14 atom stereocenters. The van der Waals surface area contributed by atoms with Crippen LogP contribution in [0.1, 0.15) is 106 Å². The molecule has 2 aromatic rings. The number of benzene rings is 2. The number of rotatable bonds is 14. The smallest absolute Gasteiger partial charge is 0.327 e. The number of amides is 6. The molecule has 1 saturated heterocycles. The van der Waals surface area contributed by atoms with E-state index < -0.39 is 145 Å². The summed E-state index contributed by atoms with van der Waals surface area (Å²) in [6.07, 6.45) is -4.82. The van der Waals surface area contributed by atoms with Crippen LogP contribution in [0.15, 0.2) is 54.6 Å². The van der Waals surface area contributed by atoms with Gasteiger partial charge in [0.25, 0.3) is 0 Å². The van der Waals surface area contributed by atoms with E-state index >= 15 is 4.79 Å². The Bertz CT molecular complexity index is 2290. The lowest BCUT2D eigenvalue weighted by atomic mass is 9.85. The van der Waals surface area contributed by atoms with Gasteiger partial charge < -0.3 is 61.0 Å². The molecule has 422 valence electrons. The Kier molecular flexibility index (Phi) is 24.0. The number of ether oxygens (including phenoxy) is 3. The molecule has 3 aliphatic heterocycles. The van der Waals surface area contributed by atoms with Gasteiger partial charge in [0.15, 0.2) is 0 Å². The minimum absolute atomic E-state index is 0.0623. The van der Waals surface area contributed by atoms with Crippen molar-refractivity contribution in [2.24, 2.45) is 23.7 Å². The van der Waals surface area contributed by atoms with Crippen LogP contribution >= 0.6 is 11.8 Å². The van der Waals surface area contributed by atoms with Gasteiger partial charge in [0.1, 0.15) is 73.1 Å². The SMILES string of the molecule is CCCCSC[C@@]1(O)C(C)C(=O)NCC(=O)OC[C@@H]2N[C@@H]([C@@H](C)O)NC(=O)[C@H](Cc3ccccc3)N(C)C(=O)[C@@H](NC(=O)C([C@@H](C)CC)NC(=O)[C@@H](NC(=O)[C@H](C)[C@H](O)C(C)C)[C@@H](C)OC2=O)c2ccc(cc2)O[C@@H]1C. The first kappa shape index (κ1) is 62.7. The second-order valence-corrected chi connectivity index (χ2v) is 21.5. The summed E-state index contributed by atoms with van der Waals surface area (Å²) in [7, 11) is 1.37. The maximum absolute atomic E-state index is 15.3. The van der Waals surface area contributed by atoms with E-state index in [4.69, 9.17) is 14.2 Å². The Morgan fingerprint density at radius 3 is 2.12 bits per heavy atom. The summed E-state index contributed by atoms with van der Waals surface area (Å²) >= 11 is 1.42. The molecule has 3 aliphatic rings. The molecule has 0 radical (unpaired) electrons. The number of likely N-dealkylation sites (N-methyl/N-ethyl adjacent to an activating group) is 1. The first-order chi connectivity index (χ1) is 35.8. The van der Waals surface area contributed by atoms with Crippen LogP contribution in [0, 0.1) is 23.7 Å². The number of carbonyl (C=O) groups excluding carboxylic acids is 8. The van der Waals surface area contributed by atoms with Gasteiger partial charge in [0.05, 0.1) is 24.0 Å². The molecule has 0 aliphatic carbocycles. The van der Waals surface area contributed by atoms with Crippen LogP contribution in [0.25, 0.3) is 0 Å². The van der Waals surface area contributed by atoms with E-state index in [1.54, 1.807) is 65.0 Å². The maximum Gasteiger partial charge on any atom is 0.327 e. The number of carbonyl (C=O) groups is 8. The van der Waals surface area contributed by atoms with Crippen molar-refractivity contribution >= 4 is 59.1 Å². The summed E-state index contributed by atoms with van der Waals surface area (Å²) in [6, 6.07) is 7.04. The van der Waals surface area contributed by atoms with E-state index in [0.717, 1.165) is 17.7 Å². The van der Waals surface area contributed by atoms with Gasteiger partial charge in [-0.2, -0.15) is 11.8 Å². The minimum Gasteiger partial charge on any atom is -0.488 e. The molecule has 4 bridgehead atoms. The van der Waals surface area contributed by atoms with Crippen molar-refractivity contribution in [1.82, 2.24) is 36.8 Å². The monoisotopic (exact) mass is 1080 g/mol. The average Bonchev–Trinajstić information content (AvgIpc) is 3.39. The number of aliphatic hydroxyl groups is 3. The fourth-order valence-corrected chi connectivity index (χ4v) is 10.1. The molecule has 3 heterocycles. The largest absolute Gasteiger partial charge is 0.488 e. The van der Waals surface area contributed by atoms with Crippen LogP contribution in [0.4, 0.5) is 0 Å². The van der Waals surface area contributed by atoms with Crippen LogP contribution in [-0.2, 0) is 54.3 Å². The number of hydrogen-bond acceptors (Lipinski definition) is 16. The van der Waals surface area contributed by atoms with Crippen LogP contribution in [0.2, 0.25) is 0 Å². The highest BCUT2D eigenvalue weighted by molar-refractivity contribution is 7.99. The topological polar surface area (TPSA) is 300 Å². The van der Waals surface area contributed by atoms with Crippen LogP contribution in [0.3, 0.4) is 0 Å². The Hall–Kier alpha value is -5.81. The Morgan fingerprint density at radius 1 is 0.855 bits per heavy atom. The van der Waals surface area contributed by atoms with Crippen LogP contribution in [0.5, 0.6) is 5.75 Å². The number of unbranched alkanes of at least 4 members (excludes halogenated alkanes) is 1. The van der Waals surface area contributed by atoms with Gasteiger partial charge in [0, 0.05) is 19.2 Å². The molecule has 22 heteroatoms. The standard InChI is InChI=1S/C54H81N7O14S/c1-12-14-24-76-28-54(72)32(7)48(66)55-26-41(63)73-27-39-53(71)74-34(9)43(58-47(65)31(6)45(64)29(3)4)51(69)57-42(30(5)13-2)50(68)59-44(37-20-22-38(23-21-37)75-35(54)10)52(70)61(11)40(25-36-18-16-15-17-19-36)49(67)60-46(56-39)33(8)62/h15-23,29-35,39-40,42-46,56,62,64,72H,12-14,24-28H2,1-11H3,(H,55,66)(H,57,69)(H,58,65)(H,59,68)(H,60,67)/t30-,31+,32?,33+,34+,35+,39-,40-,42?,43-,44-,45+,46+,54+/m0/s1. The predicted octanol–water partition coefficient (Wildman–Crippen LogP) is 1.65. The second-order valence-electron chi connectivity index (χ2n) is 20.4. The summed E-state index contributed by atoms with van der Waals surface area (Å²) in [5, 5.41) is 50.6. The third-order valence-electron chi connectivity index (χ3n) is 14.3. The van der Waals surface area contributed by atoms with Gasteiger partial charge in [-0.15, -0.1) is 0 Å². The Balaban J connectivity index is 2.01. The second kappa shape index (κ2) is 29.1. The van der Waals surface area contributed by atoms with Gasteiger partial charge in [-0.1, -0.05) is 104 Å². The van der Waals surface area contributed by atoms with E-state index in [-0.39, 0.29) is 29.4 Å². The molecule has 21 nitrogen and oxygen atoms in total.